The average molecular weight is 508 g/mol. The molecule has 0 unspecified atom stereocenters. The van der Waals surface area contributed by atoms with Crippen LogP contribution in [0.3, 0.4) is 0 Å². The van der Waals surface area contributed by atoms with Crippen molar-refractivity contribution in [3.63, 3.8) is 0 Å². The molecule has 0 atom stereocenters. The molecule has 0 spiro atoms. The lowest BCUT2D eigenvalue weighted by Gasteiger charge is -2.36. The van der Waals surface area contributed by atoms with Gasteiger partial charge in [0.15, 0.2) is 5.96 Å². The Bertz CT molecular complexity index is 905. The Morgan fingerprint density at radius 2 is 1.86 bits per heavy atom. The highest BCUT2D eigenvalue weighted by molar-refractivity contribution is 14.0. The van der Waals surface area contributed by atoms with Crippen LogP contribution < -0.4 is 10.2 Å². The molecule has 1 N–H and O–H groups in total. The van der Waals surface area contributed by atoms with Gasteiger partial charge in [-0.1, -0.05) is 18.2 Å². The zero-order valence-electron chi connectivity index (χ0n) is 15.9. The van der Waals surface area contributed by atoms with Crippen LogP contribution in [0.5, 0.6) is 0 Å². The van der Waals surface area contributed by atoms with Crippen LogP contribution in [0.15, 0.2) is 53.1 Å². The molecule has 1 aromatic carbocycles. The van der Waals surface area contributed by atoms with Gasteiger partial charge in [-0.3, -0.25) is 4.99 Å². The van der Waals surface area contributed by atoms with Gasteiger partial charge in [0.1, 0.15) is 0 Å². The van der Waals surface area contributed by atoms with E-state index in [1.54, 1.807) is 12.4 Å². The summed E-state index contributed by atoms with van der Waals surface area (Å²) in [6.07, 6.45) is 4.59. The number of aliphatic imine (C=N–C) groups is 1. The van der Waals surface area contributed by atoms with Gasteiger partial charge in [-0.15, -0.1) is 35.3 Å². The summed E-state index contributed by atoms with van der Waals surface area (Å²) in [6.45, 7) is 4.52. The number of guanidine groups is 1. The number of halogens is 1. The van der Waals surface area contributed by atoms with Gasteiger partial charge in [-0.2, -0.15) is 0 Å². The molecule has 3 heterocycles. The number of benzene rings is 1. The number of hydrogen-bond acceptors (Lipinski definition) is 5. The SMILES string of the molecule is CN=C(NCCc1csc2ccccc12)N1CCN(c2ncccn2)CC1.I. The topological polar surface area (TPSA) is 56.7 Å². The first-order valence-electron chi connectivity index (χ1n) is 9.28. The molecule has 0 saturated carbocycles. The first kappa shape index (κ1) is 20.8. The van der Waals surface area contributed by atoms with Crippen molar-refractivity contribution in [3.8, 4) is 0 Å². The van der Waals surface area contributed by atoms with Crippen molar-refractivity contribution < 1.29 is 0 Å². The minimum atomic E-state index is 0. The number of piperazine rings is 1. The maximum Gasteiger partial charge on any atom is 0.225 e. The zero-order valence-corrected chi connectivity index (χ0v) is 19.1. The van der Waals surface area contributed by atoms with Crippen molar-refractivity contribution in [2.45, 2.75) is 6.42 Å². The Balaban J connectivity index is 0.00000225. The van der Waals surface area contributed by atoms with Crippen molar-refractivity contribution in [1.29, 1.82) is 0 Å². The van der Waals surface area contributed by atoms with Crippen molar-refractivity contribution in [3.05, 3.63) is 53.7 Å². The summed E-state index contributed by atoms with van der Waals surface area (Å²) >= 11 is 1.82. The van der Waals surface area contributed by atoms with E-state index in [1.165, 1.54) is 15.6 Å². The molecule has 0 aliphatic carbocycles. The van der Waals surface area contributed by atoms with E-state index < -0.39 is 0 Å². The molecule has 4 rings (SSSR count). The third-order valence-electron chi connectivity index (χ3n) is 4.86. The fourth-order valence-electron chi connectivity index (χ4n) is 3.44. The van der Waals surface area contributed by atoms with Crippen LogP contribution in [-0.2, 0) is 6.42 Å². The maximum absolute atomic E-state index is 4.47. The zero-order chi connectivity index (χ0) is 18.5. The van der Waals surface area contributed by atoms with Crippen LogP contribution in [0, 0.1) is 0 Å². The third kappa shape index (κ3) is 4.72. The average Bonchev–Trinajstić information content (AvgIpc) is 3.15. The highest BCUT2D eigenvalue weighted by atomic mass is 127. The van der Waals surface area contributed by atoms with E-state index in [-0.39, 0.29) is 24.0 Å². The Morgan fingerprint density at radius 3 is 2.61 bits per heavy atom. The van der Waals surface area contributed by atoms with Crippen molar-refractivity contribution in [1.82, 2.24) is 20.2 Å². The summed E-state index contributed by atoms with van der Waals surface area (Å²) in [7, 11) is 1.86. The summed E-state index contributed by atoms with van der Waals surface area (Å²) in [4.78, 5) is 17.7. The second-order valence-corrected chi connectivity index (χ2v) is 7.42. The van der Waals surface area contributed by atoms with Crippen LogP contribution in [-0.4, -0.2) is 60.6 Å². The first-order valence-corrected chi connectivity index (χ1v) is 10.2. The molecule has 0 amide bonds. The molecule has 6 nitrogen and oxygen atoms in total. The quantitative estimate of drug-likeness (QED) is 0.333. The van der Waals surface area contributed by atoms with Crippen LogP contribution in [0.25, 0.3) is 10.1 Å². The lowest BCUT2D eigenvalue weighted by Crippen LogP contribution is -2.53. The number of anilines is 1. The van der Waals surface area contributed by atoms with E-state index >= 15 is 0 Å². The standard InChI is InChI=1S/C20H24N6S.HI/c1-21-19(24-10-7-16-15-27-18-6-3-2-5-17(16)18)25-11-13-26(14-12-25)20-22-8-4-9-23-20;/h2-6,8-9,15H,7,10-14H2,1H3,(H,21,24);1H. The van der Waals surface area contributed by atoms with Gasteiger partial charge >= 0.3 is 0 Å². The summed E-state index contributed by atoms with van der Waals surface area (Å²) in [5, 5.41) is 7.17. The number of nitrogens with zero attached hydrogens (tertiary/aromatic N) is 5. The molecular weight excluding hydrogens is 483 g/mol. The molecular formula is C20H25IN6S. The third-order valence-corrected chi connectivity index (χ3v) is 5.88. The van der Waals surface area contributed by atoms with Gasteiger partial charge < -0.3 is 15.1 Å². The van der Waals surface area contributed by atoms with E-state index in [1.807, 2.05) is 24.5 Å². The van der Waals surface area contributed by atoms with E-state index in [4.69, 9.17) is 0 Å². The van der Waals surface area contributed by atoms with Gasteiger partial charge in [-0.25, -0.2) is 9.97 Å². The van der Waals surface area contributed by atoms with E-state index in [9.17, 15) is 0 Å². The maximum atomic E-state index is 4.47. The summed E-state index contributed by atoms with van der Waals surface area (Å²) in [6, 6.07) is 10.5. The second kappa shape index (κ2) is 10.0. The number of rotatable bonds is 4. The molecule has 28 heavy (non-hydrogen) atoms. The molecule has 148 valence electrons. The molecule has 3 aromatic rings. The van der Waals surface area contributed by atoms with Crippen molar-refractivity contribution in [2.24, 2.45) is 4.99 Å². The monoisotopic (exact) mass is 508 g/mol. The summed E-state index contributed by atoms with van der Waals surface area (Å²) in [5.74, 6) is 1.78. The predicted molar refractivity (Wildman–Crippen MR) is 128 cm³/mol. The number of fused-ring (bicyclic) bond motifs is 1. The van der Waals surface area contributed by atoms with Gasteiger partial charge in [0.25, 0.3) is 0 Å². The van der Waals surface area contributed by atoms with Crippen LogP contribution >= 0.6 is 35.3 Å². The highest BCUT2D eigenvalue weighted by Crippen LogP contribution is 2.25. The predicted octanol–water partition coefficient (Wildman–Crippen LogP) is 3.25. The largest absolute Gasteiger partial charge is 0.356 e. The Hall–Kier alpha value is -1.94. The van der Waals surface area contributed by atoms with Crippen LogP contribution in [0.4, 0.5) is 5.95 Å². The molecule has 1 fully saturated rings. The normalized spacial score (nSPS) is 14.8. The molecule has 0 bridgehead atoms. The highest BCUT2D eigenvalue weighted by Gasteiger charge is 2.20. The molecule has 1 saturated heterocycles. The van der Waals surface area contributed by atoms with E-state index in [0.29, 0.717) is 0 Å². The summed E-state index contributed by atoms with van der Waals surface area (Å²) in [5.41, 5.74) is 1.41. The Labute approximate surface area is 186 Å². The Morgan fingerprint density at radius 1 is 1.11 bits per heavy atom. The molecule has 0 radical (unpaired) electrons. The molecule has 1 aliphatic rings. The van der Waals surface area contributed by atoms with Gasteiger partial charge in [0.05, 0.1) is 0 Å². The second-order valence-electron chi connectivity index (χ2n) is 6.50. The number of nitrogens with one attached hydrogen (secondary N) is 1. The fraction of sp³-hybridized carbons (Fsp3) is 0.350. The Kier molecular flexibility index (Phi) is 7.43. The lowest BCUT2D eigenvalue weighted by atomic mass is 10.1. The minimum Gasteiger partial charge on any atom is -0.356 e. The van der Waals surface area contributed by atoms with Gasteiger partial charge in [-0.05, 0) is 34.9 Å². The molecule has 2 aromatic heterocycles. The van der Waals surface area contributed by atoms with E-state index in [0.717, 1.165) is 51.1 Å². The van der Waals surface area contributed by atoms with Gasteiger partial charge in [0, 0.05) is 56.9 Å². The smallest absolute Gasteiger partial charge is 0.225 e. The van der Waals surface area contributed by atoms with Crippen molar-refractivity contribution in [2.75, 3.05) is 44.7 Å². The first-order chi connectivity index (χ1) is 13.3. The summed E-state index contributed by atoms with van der Waals surface area (Å²) < 4.78 is 1.36. The van der Waals surface area contributed by atoms with Gasteiger partial charge in [0.2, 0.25) is 5.95 Å². The number of aromatic nitrogens is 2. The van der Waals surface area contributed by atoms with Crippen LogP contribution in [0.1, 0.15) is 5.56 Å². The van der Waals surface area contributed by atoms with E-state index in [2.05, 4.69) is 59.7 Å². The molecule has 8 heteroatoms. The number of hydrogen-bond donors (Lipinski definition) is 1. The van der Waals surface area contributed by atoms with Crippen LogP contribution in [0.2, 0.25) is 0 Å². The van der Waals surface area contributed by atoms with Crippen molar-refractivity contribution >= 4 is 57.3 Å². The lowest BCUT2D eigenvalue weighted by molar-refractivity contribution is 0.370. The number of thiophene rings is 1. The molecule has 1 aliphatic heterocycles. The fourth-order valence-corrected chi connectivity index (χ4v) is 4.44. The minimum absolute atomic E-state index is 0.